The normalized spacial score (nSPS) is 15.3. The molecule has 0 aliphatic heterocycles. The molecule has 0 saturated heterocycles. The van der Waals surface area contributed by atoms with E-state index in [2.05, 4.69) is 95.6 Å². The lowest BCUT2D eigenvalue weighted by atomic mass is 10.0. The van der Waals surface area contributed by atoms with Gasteiger partial charge in [-0.3, -0.25) is 9.59 Å². The molecular formula is C25H12Br6F4O4. The van der Waals surface area contributed by atoms with E-state index in [1.54, 1.807) is 0 Å². The molecule has 0 atom stereocenters. The first-order chi connectivity index (χ1) is 18.2. The second-order valence-electron chi connectivity index (χ2n) is 7.79. The average molecular weight is 932 g/mol. The van der Waals surface area contributed by atoms with Crippen LogP contribution in [0.25, 0.3) is 0 Å². The Hall–Kier alpha value is -1.06. The number of hydrogen-bond acceptors (Lipinski definition) is 4. The van der Waals surface area contributed by atoms with Crippen molar-refractivity contribution in [2.45, 2.75) is 12.8 Å². The quantitative estimate of drug-likeness (QED) is 0.240. The van der Waals surface area contributed by atoms with Gasteiger partial charge in [-0.05, 0) is 75.9 Å². The van der Waals surface area contributed by atoms with Gasteiger partial charge in [0, 0.05) is 63.0 Å². The Balaban J connectivity index is 0.000000216. The van der Waals surface area contributed by atoms with Crippen molar-refractivity contribution in [2.24, 2.45) is 0 Å². The summed E-state index contributed by atoms with van der Waals surface area (Å²) < 4.78 is 62.2. The van der Waals surface area contributed by atoms with Crippen molar-refractivity contribution in [3.05, 3.63) is 96.7 Å². The number of Topliss-reactive ketones (excluding diaryl/α,β-unsaturated/α-hetero) is 2. The Morgan fingerprint density at radius 3 is 1.51 bits per heavy atom. The van der Waals surface area contributed by atoms with E-state index in [0.29, 0.717) is 47.6 Å². The van der Waals surface area contributed by atoms with E-state index in [1.165, 1.54) is 7.11 Å². The second kappa shape index (κ2) is 13.3. The molecule has 0 spiro atoms. The number of phenolic OH excluding ortho intramolecular Hbond substituents is 1. The van der Waals surface area contributed by atoms with E-state index >= 15 is 0 Å². The molecule has 2 aromatic carbocycles. The van der Waals surface area contributed by atoms with Crippen molar-refractivity contribution >= 4 is 107 Å². The third-order valence-electron chi connectivity index (χ3n) is 5.33. The fraction of sp³-hybridized carbons (Fsp3) is 0.120. The number of carbonyl (C=O) groups is 2. The van der Waals surface area contributed by atoms with Crippen molar-refractivity contribution in [2.75, 3.05) is 7.11 Å². The first-order valence-corrected chi connectivity index (χ1v) is 15.1. The third kappa shape index (κ3) is 6.88. The van der Waals surface area contributed by atoms with Gasteiger partial charge < -0.3 is 9.84 Å². The number of benzene rings is 2. The van der Waals surface area contributed by atoms with E-state index in [1.807, 2.05) is 0 Å². The van der Waals surface area contributed by atoms with Crippen molar-refractivity contribution in [1.29, 1.82) is 0 Å². The molecule has 2 aromatic rings. The van der Waals surface area contributed by atoms with E-state index in [-0.39, 0.29) is 17.7 Å². The maximum absolute atomic E-state index is 13.6. The Labute approximate surface area is 270 Å². The molecule has 2 aliphatic rings. The number of ketones is 2. The smallest absolute Gasteiger partial charge is 0.194 e. The van der Waals surface area contributed by atoms with Gasteiger partial charge in [0.1, 0.15) is 11.6 Å². The van der Waals surface area contributed by atoms with Gasteiger partial charge in [-0.15, -0.1) is 0 Å². The van der Waals surface area contributed by atoms with Crippen LogP contribution in [0.1, 0.15) is 33.6 Å². The first-order valence-electron chi connectivity index (χ1n) is 10.4. The lowest BCUT2D eigenvalue weighted by Crippen LogP contribution is -2.07. The number of rotatable bonds is 5. The van der Waals surface area contributed by atoms with Gasteiger partial charge in [0.25, 0.3) is 0 Å². The lowest BCUT2D eigenvalue weighted by molar-refractivity contribution is 0.102. The zero-order chi connectivity index (χ0) is 29.3. The average Bonchev–Trinajstić information content (AvgIpc) is 3.29. The molecule has 0 heterocycles. The number of hydrogen-bond donors (Lipinski definition) is 1. The maximum atomic E-state index is 13.6. The minimum Gasteiger partial charge on any atom is -0.504 e. The van der Waals surface area contributed by atoms with Crippen molar-refractivity contribution in [3.8, 4) is 11.5 Å². The molecule has 0 amide bonds. The standard InChI is InChI=1S/C13H7Br3F2O2.C12H5Br3F2O2/c1-20-13-7(2-5(17)3-9(13)18)12(19)6-4-8(14)11(16)10(6)15;13-7-3-5(9(14)10(7)15)11(18)6-1-4(16)2-8(17)12(6)19/h2-3H,4H2,1H3;1-2,19H,3H2. The largest absolute Gasteiger partial charge is 0.504 e. The highest BCUT2D eigenvalue weighted by Crippen LogP contribution is 2.45. The molecule has 4 nitrogen and oxygen atoms in total. The zero-order valence-corrected chi connectivity index (χ0v) is 28.7. The van der Waals surface area contributed by atoms with Gasteiger partial charge in [0.05, 0.1) is 18.2 Å². The fourth-order valence-electron chi connectivity index (χ4n) is 3.48. The van der Waals surface area contributed by atoms with E-state index < -0.39 is 46.1 Å². The summed E-state index contributed by atoms with van der Waals surface area (Å²) in [7, 11) is 1.23. The van der Waals surface area contributed by atoms with E-state index in [9.17, 15) is 32.3 Å². The molecule has 0 fully saturated rings. The summed E-state index contributed by atoms with van der Waals surface area (Å²) in [5.41, 5.74) is 0.164. The van der Waals surface area contributed by atoms with Gasteiger partial charge in [0.2, 0.25) is 0 Å². The van der Waals surface area contributed by atoms with E-state index in [0.717, 1.165) is 21.1 Å². The van der Waals surface area contributed by atoms with Crippen LogP contribution in [0.4, 0.5) is 17.6 Å². The van der Waals surface area contributed by atoms with Gasteiger partial charge in [0.15, 0.2) is 34.7 Å². The van der Waals surface area contributed by atoms with Gasteiger partial charge in [-0.1, -0.05) is 31.9 Å². The number of methoxy groups -OCH3 is 1. The summed E-state index contributed by atoms with van der Waals surface area (Å²) in [6.07, 6.45) is 0.610. The highest BCUT2D eigenvalue weighted by Gasteiger charge is 2.30. The molecule has 206 valence electrons. The number of carbonyl (C=O) groups excluding carboxylic acids is 2. The number of allylic oxidation sites excluding steroid dienone is 8. The van der Waals surface area contributed by atoms with Crippen molar-refractivity contribution in [3.63, 3.8) is 0 Å². The summed E-state index contributed by atoms with van der Waals surface area (Å²) in [6.45, 7) is 0. The molecular weight excluding hydrogens is 920 g/mol. The fourth-order valence-corrected chi connectivity index (χ4v) is 6.85. The molecule has 0 aromatic heterocycles. The van der Waals surface area contributed by atoms with Crippen LogP contribution in [0.5, 0.6) is 11.5 Å². The van der Waals surface area contributed by atoms with Crippen LogP contribution in [-0.4, -0.2) is 23.8 Å². The Bertz CT molecular complexity index is 1550. The Morgan fingerprint density at radius 2 is 1.10 bits per heavy atom. The minimum absolute atomic E-state index is 0.139. The molecule has 4 rings (SSSR count). The summed E-state index contributed by atoms with van der Waals surface area (Å²) in [4.78, 5) is 24.7. The molecule has 2 aliphatic carbocycles. The Kier molecular flexibility index (Phi) is 11.1. The van der Waals surface area contributed by atoms with Crippen molar-refractivity contribution in [1.82, 2.24) is 0 Å². The summed E-state index contributed by atoms with van der Waals surface area (Å²) >= 11 is 19.7. The monoisotopic (exact) mass is 926 g/mol. The van der Waals surface area contributed by atoms with Crippen LogP contribution in [0.15, 0.2) is 62.3 Å². The second-order valence-corrected chi connectivity index (χ2v) is 12.9. The van der Waals surface area contributed by atoms with Crippen LogP contribution < -0.4 is 4.74 Å². The SMILES string of the molecule is COc1c(F)cc(F)cc1C(=O)C1=C(Br)C(Br)=C(Br)C1.O=C(C1=C(Br)C(Br)=C(Br)C1)c1cc(F)cc(F)c1O. The van der Waals surface area contributed by atoms with Gasteiger partial charge >= 0.3 is 0 Å². The predicted molar refractivity (Wildman–Crippen MR) is 160 cm³/mol. The molecule has 0 bridgehead atoms. The topological polar surface area (TPSA) is 63.6 Å². The summed E-state index contributed by atoms with van der Waals surface area (Å²) in [5, 5.41) is 9.53. The van der Waals surface area contributed by atoms with Gasteiger partial charge in [-0.25, -0.2) is 17.6 Å². The molecule has 39 heavy (non-hydrogen) atoms. The lowest BCUT2D eigenvalue weighted by Gasteiger charge is -2.10. The van der Waals surface area contributed by atoms with Crippen molar-refractivity contribution < 1.29 is 37.0 Å². The zero-order valence-electron chi connectivity index (χ0n) is 19.2. The molecule has 0 saturated carbocycles. The summed E-state index contributed by atoms with van der Waals surface area (Å²) in [6, 6.07) is 2.98. The molecule has 1 N–H and O–H groups in total. The van der Waals surface area contributed by atoms with E-state index in [4.69, 9.17) is 4.74 Å². The van der Waals surface area contributed by atoms with Crippen LogP contribution in [0.3, 0.4) is 0 Å². The number of ether oxygens (including phenoxy) is 1. The molecule has 0 unspecified atom stereocenters. The number of aromatic hydroxyl groups is 1. The highest BCUT2D eigenvalue weighted by atomic mass is 79.9. The van der Waals surface area contributed by atoms with Crippen LogP contribution in [-0.2, 0) is 0 Å². The molecule has 0 radical (unpaired) electrons. The summed E-state index contributed by atoms with van der Waals surface area (Å²) in [5.74, 6) is -6.04. The van der Waals surface area contributed by atoms with Gasteiger partial charge in [-0.2, -0.15) is 0 Å². The predicted octanol–water partition coefficient (Wildman–Crippen LogP) is 10.1. The Morgan fingerprint density at radius 1 is 0.692 bits per heavy atom. The number of phenols is 1. The van der Waals surface area contributed by atoms with Crippen LogP contribution in [0, 0.1) is 23.3 Å². The van der Waals surface area contributed by atoms with Crippen LogP contribution in [0.2, 0.25) is 0 Å². The van der Waals surface area contributed by atoms with Crippen LogP contribution >= 0.6 is 95.6 Å². The molecule has 14 heteroatoms. The number of halogens is 10. The highest BCUT2D eigenvalue weighted by molar-refractivity contribution is 9.16. The first kappa shape index (κ1) is 32.5. The minimum atomic E-state index is -1.16. The maximum Gasteiger partial charge on any atom is 0.194 e. The third-order valence-corrected chi connectivity index (χ3v) is 12.3.